The summed E-state index contributed by atoms with van der Waals surface area (Å²) in [7, 11) is 1.72. The molecule has 0 aliphatic carbocycles. The first-order valence-electron chi connectivity index (χ1n) is 12.3. The highest BCUT2D eigenvalue weighted by molar-refractivity contribution is 5.38. The van der Waals surface area contributed by atoms with Crippen LogP contribution in [0.25, 0.3) is 0 Å². The zero-order valence-corrected chi connectivity index (χ0v) is 19.5. The standard InChI is InChI=1S/C26H38N4O2/c1-31-25-7-5-22(18-23(25)20-32-17-16-30-14-2-3-15-30)19-26-28-13-10-24(29-26)6-4-21-8-11-27-12-9-21/h5,7,10,13,18,21,27H,2-4,6,8-9,11-12,14-17,19-20H2,1H3. The third-order valence-corrected chi connectivity index (χ3v) is 6.75. The molecule has 2 aromatic rings. The van der Waals surface area contributed by atoms with Crippen molar-refractivity contribution in [3.63, 3.8) is 0 Å². The van der Waals surface area contributed by atoms with Crippen molar-refractivity contribution < 1.29 is 9.47 Å². The first-order valence-corrected chi connectivity index (χ1v) is 12.3. The monoisotopic (exact) mass is 438 g/mol. The summed E-state index contributed by atoms with van der Waals surface area (Å²) in [5.41, 5.74) is 3.44. The molecule has 174 valence electrons. The Balaban J connectivity index is 1.31. The predicted molar refractivity (Wildman–Crippen MR) is 127 cm³/mol. The molecule has 1 aromatic carbocycles. The summed E-state index contributed by atoms with van der Waals surface area (Å²) in [5.74, 6) is 2.59. The van der Waals surface area contributed by atoms with Gasteiger partial charge in [0.05, 0.1) is 20.3 Å². The second-order valence-corrected chi connectivity index (χ2v) is 9.12. The minimum Gasteiger partial charge on any atom is -0.496 e. The molecule has 3 heterocycles. The molecule has 0 atom stereocenters. The van der Waals surface area contributed by atoms with Gasteiger partial charge in [-0.1, -0.05) is 6.07 Å². The highest BCUT2D eigenvalue weighted by atomic mass is 16.5. The summed E-state index contributed by atoms with van der Waals surface area (Å²) < 4.78 is 11.5. The van der Waals surface area contributed by atoms with E-state index in [9.17, 15) is 0 Å². The zero-order valence-electron chi connectivity index (χ0n) is 19.5. The second-order valence-electron chi connectivity index (χ2n) is 9.12. The molecule has 0 unspecified atom stereocenters. The molecule has 2 saturated heterocycles. The normalized spacial score (nSPS) is 17.7. The van der Waals surface area contributed by atoms with Crippen LogP contribution >= 0.6 is 0 Å². The summed E-state index contributed by atoms with van der Waals surface area (Å²) >= 11 is 0. The predicted octanol–water partition coefficient (Wildman–Crippen LogP) is 3.62. The quantitative estimate of drug-likeness (QED) is 0.541. The highest BCUT2D eigenvalue weighted by Crippen LogP contribution is 2.23. The Labute approximate surface area is 192 Å². The number of rotatable bonds is 11. The average molecular weight is 439 g/mol. The summed E-state index contributed by atoms with van der Waals surface area (Å²) in [4.78, 5) is 11.9. The number of hydrogen-bond acceptors (Lipinski definition) is 6. The van der Waals surface area contributed by atoms with Crippen molar-refractivity contribution >= 4 is 0 Å². The molecule has 2 fully saturated rings. The minimum atomic E-state index is 0.571. The van der Waals surface area contributed by atoms with E-state index in [1.165, 1.54) is 50.8 Å². The fourth-order valence-electron chi connectivity index (χ4n) is 4.81. The molecule has 32 heavy (non-hydrogen) atoms. The van der Waals surface area contributed by atoms with Crippen molar-refractivity contribution in [2.75, 3.05) is 46.4 Å². The lowest BCUT2D eigenvalue weighted by Gasteiger charge is -2.22. The minimum absolute atomic E-state index is 0.571. The van der Waals surface area contributed by atoms with Gasteiger partial charge in [0.15, 0.2) is 0 Å². The maximum Gasteiger partial charge on any atom is 0.132 e. The Morgan fingerprint density at radius 3 is 2.78 bits per heavy atom. The van der Waals surface area contributed by atoms with Crippen LogP contribution < -0.4 is 10.1 Å². The van der Waals surface area contributed by atoms with E-state index < -0.39 is 0 Å². The van der Waals surface area contributed by atoms with Crippen molar-refractivity contribution in [2.45, 2.75) is 51.6 Å². The number of nitrogens with one attached hydrogen (secondary N) is 1. The van der Waals surface area contributed by atoms with E-state index >= 15 is 0 Å². The number of aryl methyl sites for hydroxylation is 1. The number of methoxy groups -OCH3 is 1. The summed E-state index contributed by atoms with van der Waals surface area (Å²) in [5, 5.41) is 3.44. The number of piperidine rings is 1. The molecule has 6 nitrogen and oxygen atoms in total. The van der Waals surface area contributed by atoms with Crippen molar-refractivity contribution in [3.8, 4) is 5.75 Å². The van der Waals surface area contributed by atoms with Gasteiger partial charge in [0.1, 0.15) is 11.6 Å². The molecule has 2 aliphatic heterocycles. The molecule has 6 heteroatoms. The van der Waals surface area contributed by atoms with Gasteiger partial charge in [0.25, 0.3) is 0 Å². The molecule has 0 spiro atoms. The maximum absolute atomic E-state index is 5.98. The fourth-order valence-corrected chi connectivity index (χ4v) is 4.81. The second kappa shape index (κ2) is 12.3. The number of benzene rings is 1. The Kier molecular flexibility index (Phi) is 8.88. The SMILES string of the molecule is COc1ccc(Cc2nccc(CCC3CCNCC3)n2)cc1COCCN1CCCC1. The van der Waals surface area contributed by atoms with Crippen molar-refractivity contribution in [1.29, 1.82) is 0 Å². The summed E-state index contributed by atoms with van der Waals surface area (Å²) in [6.45, 7) is 7.07. The van der Waals surface area contributed by atoms with E-state index in [0.29, 0.717) is 6.61 Å². The number of hydrogen-bond donors (Lipinski definition) is 1. The Bertz CT molecular complexity index is 832. The smallest absolute Gasteiger partial charge is 0.132 e. The van der Waals surface area contributed by atoms with Gasteiger partial charge < -0.3 is 19.7 Å². The molecule has 1 N–H and O–H groups in total. The van der Waals surface area contributed by atoms with Crippen LogP contribution in [0, 0.1) is 5.92 Å². The van der Waals surface area contributed by atoms with Crippen LogP contribution in [-0.2, 0) is 24.2 Å². The first-order chi connectivity index (χ1) is 15.8. The van der Waals surface area contributed by atoms with E-state index in [1.54, 1.807) is 7.11 Å². The number of aromatic nitrogens is 2. The third kappa shape index (κ3) is 6.99. The summed E-state index contributed by atoms with van der Waals surface area (Å²) in [6, 6.07) is 8.39. The molecular weight excluding hydrogens is 400 g/mol. The molecule has 4 rings (SSSR count). The lowest BCUT2D eigenvalue weighted by Crippen LogP contribution is -2.27. The topological polar surface area (TPSA) is 59.5 Å². The van der Waals surface area contributed by atoms with Crippen molar-refractivity contribution in [2.24, 2.45) is 5.92 Å². The van der Waals surface area contributed by atoms with Gasteiger partial charge in [-0.2, -0.15) is 0 Å². The Morgan fingerprint density at radius 2 is 1.97 bits per heavy atom. The number of ether oxygens (including phenoxy) is 2. The Morgan fingerprint density at radius 1 is 1.12 bits per heavy atom. The van der Waals surface area contributed by atoms with Crippen LogP contribution in [0.4, 0.5) is 0 Å². The van der Waals surface area contributed by atoms with E-state index in [0.717, 1.165) is 67.8 Å². The van der Waals surface area contributed by atoms with E-state index in [1.807, 2.05) is 12.3 Å². The fraction of sp³-hybridized carbons (Fsp3) is 0.615. The molecule has 0 amide bonds. The average Bonchev–Trinajstić information content (AvgIpc) is 3.35. The molecule has 0 saturated carbocycles. The van der Waals surface area contributed by atoms with Gasteiger partial charge in [-0.3, -0.25) is 0 Å². The first kappa shape index (κ1) is 23.1. The lowest BCUT2D eigenvalue weighted by molar-refractivity contribution is 0.0978. The highest BCUT2D eigenvalue weighted by Gasteiger charge is 2.14. The maximum atomic E-state index is 5.98. The molecule has 2 aliphatic rings. The van der Waals surface area contributed by atoms with Crippen LogP contribution in [0.3, 0.4) is 0 Å². The molecular formula is C26H38N4O2. The van der Waals surface area contributed by atoms with E-state index in [2.05, 4.69) is 33.4 Å². The number of likely N-dealkylation sites (tertiary alicyclic amines) is 1. The van der Waals surface area contributed by atoms with Gasteiger partial charge in [-0.15, -0.1) is 0 Å². The van der Waals surface area contributed by atoms with E-state index in [4.69, 9.17) is 14.5 Å². The van der Waals surface area contributed by atoms with Crippen LogP contribution in [0.2, 0.25) is 0 Å². The van der Waals surface area contributed by atoms with Gasteiger partial charge in [0, 0.05) is 30.4 Å². The third-order valence-electron chi connectivity index (χ3n) is 6.75. The molecule has 0 bridgehead atoms. The molecule has 0 radical (unpaired) electrons. The van der Waals surface area contributed by atoms with Gasteiger partial charge in [-0.25, -0.2) is 9.97 Å². The largest absolute Gasteiger partial charge is 0.496 e. The van der Waals surface area contributed by atoms with Crippen molar-refractivity contribution in [3.05, 3.63) is 53.1 Å². The lowest BCUT2D eigenvalue weighted by atomic mass is 9.92. The number of nitrogens with zero attached hydrogens (tertiary/aromatic N) is 3. The van der Waals surface area contributed by atoms with Crippen LogP contribution in [0.5, 0.6) is 5.75 Å². The van der Waals surface area contributed by atoms with Crippen LogP contribution in [0.15, 0.2) is 30.5 Å². The van der Waals surface area contributed by atoms with Gasteiger partial charge in [0.2, 0.25) is 0 Å². The van der Waals surface area contributed by atoms with Gasteiger partial charge in [-0.05, 0) is 94.4 Å². The molecule has 1 aromatic heterocycles. The zero-order chi connectivity index (χ0) is 22.0. The Hall–Kier alpha value is -2.02. The van der Waals surface area contributed by atoms with Crippen molar-refractivity contribution in [1.82, 2.24) is 20.2 Å². The van der Waals surface area contributed by atoms with Crippen LogP contribution in [-0.4, -0.2) is 61.3 Å². The summed E-state index contributed by atoms with van der Waals surface area (Å²) in [6.07, 6.45) is 10.1. The van der Waals surface area contributed by atoms with Gasteiger partial charge >= 0.3 is 0 Å². The van der Waals surface area contributed by atoms with Crippen LogP contribution in [0.1, 0.15) is 54.7 Å². The van der Waals surface area contributed by atoms with E-state index in [-0.39, 0.29) is 0 Å².